The van der Waals surface area contributed by atoms with Gasteiger partial charge in [-0.05, 0) is 51.4 Å². The third-order valence-corrected chi connectivity index (χ3v) is 4.21. The molecule has 0 saturated heterocycles. The van der Waals surface area contributed by atoms with E-state index in [0.717, 1.165) is 23.9 Å². The molecule has 0 aliphatic heterocycles. The topological polar surface area (TPSA) is 17.8 Å². The summed E-state index contributed by atoms with van der Waals surface area (Å²) in [6.45, 7) is 2.25. The molecule has 0 bridgehead atoms. The highest BCUT2D eigenvalue weighted by molar-refractivity contribution is 6.30. The Hall–Kier alpha value is -0.500. The van der Waals surface area contributed by atoms with E-state index in [9.17, 15) is 0 Å². The van der Waals surface area contributed by atoms with Gasteiger partial charge in [-0.1, -0.05) is 11.6 Å². The van der Waals surface area contributed by atoms with E-state index in [0.29, 0.717) is 6.04 Å². The lowest BCUT2D eigenvalue weighted by atomic mass is 9.98. The number of aryl methyl sites for hydroxylation is 1. The number of hydrogen-bond donors (Lipinski definition) is 0. The van der Waals surface area contributed by atoms with Crippen LogP contribution >= 0.6 is 11.6 Å². The van der Waals surface area contributed by atoms with Crippen molar-refractivity contribution < 1.29 is 0 Å². The van der Waals surface area contributed by atoms with Gasteiger partial charge in [-0.15, -0.1) is 0 Å². The van der Waals surface area contributed by atoms with Crippen molar-refractivity contribution in [1.82, 2.24) is 9.78 Å². The Morgan fingerprint density at radius 3 is 2.73 bits per heavy atom. The average Bonchev–Trinajstić information content (AvgIpc) is 3.04. The number of nitrogens with zero attached hydrogens (tertiary/aromatic N) is 2. The molecule has 1 unspecified atom stereocenters. The summed E-state index contributed by atoms with van der Waals surface area (Å²) in [5.41, 5.74) is 2.59. The zero-order valence-corrected chi connectivity index (χ0v) is 9.93. The molecule has 3 heteroatoms. The second-order valence-electron chi connectivity index (χ2n) is 4.95. The van der Waals surface area contributed by atoms with Crippen molar-refractivity contribution in [3.05, 3.63) is 16.4 Å². The summed E-state index contributed by atoms with van der Waals surface area (Å²) in [4.78, 5) is 0. The van der Waals surface area contributed by atoms with Gasteiger partial charge in [0, 0.05) is 5.56 Å². The monoisotopic (exact) mass is 224 g/mol. The fourth-order valence-corrected chi connectivity index (χ4v) is 2.98. The van der Waals surface area contributed by atoms with E-state index in [1.54, 1.807) is 0 Å². The van der Waals surface area contributed by atoms with Crippen LogP contribution in [0.1, 0.15) is 49.9 Å². The number of hydrogen-bond acceptors (Lipinski definition) is 1. The van der Waals surface area contributed by atoms with Crippen LogP contribution in [0, 0.1) is 5.92 Å². The van der Waals surface area contributed by atoms with E-state index in [1.807, 2.05) is 0 Å². The van der Waals surface area contributed by atoms with Crippen LogP contribution in [0.3, 0.4) is 0 Å². The normalized spacial score (nSPS) is 22.5. The van der Waals surface area contributed by atoms with Crippen molar-refractivity contribution in [1.29, 1.82) is 0 Å². The maximum Gasteiger partial charge on any atom is 0.130 e. The summed E-state index contributed by atoms with van der Waals surface area (Å²) in [5.74, 6) is 0.823. The molecule has 0 amide bonds. The average molecular weight is 225 g/mol. The van der Waals surface area contributed by atoms with Crippen molar-refractivity contribution in [3.8, 4) is 0 Å². The Morgan fingerprint density at radius 2 is 2.07 bits per heavy atom. The smallest absolute Gasteiger partial charge is 0.130 e. The van der Waals surface area contributed by atoms with E-state index in [4.69, 9.17) is 16.7 Å². The number of halogens is 1. The lowest BCUT2D eigenvalue weighted by Gasteiger charge is -2.11. The van der Waals surface area contributed by atoms with Gasteiger partial charge in [0.05, 0.1) is 11.7 Å². The molecule has 1 atom stereocenters. The quantitative estimate of drug-likeness (QED) is 0.753. The minimum Gasteiger partial charge on any atom is -0.250 e. The van der Waals surface area contributed by atoms with Crippen LogP contribution in [0.25, 0.3) is 0 Å². The Balaban J connectivity index is 1.97. The van der Waals surface area contributed by atoms with E-state index in [2.05, 4.69) is 11.6 Å². The maximum atomic E-state index is 6.41. The molecular weight excluding hydrogens is 208 g/mol. The largest absolute Gasteiger partial charge is 0.250 e. The predicted octanol–water partition coefficient (Wildman–Crippen LogP) is 3.39. The summed E-state index contributed by atoms with van der Waals surface area (Å²) in [5, 5.41) is 5.62. The molecule has 1 fully saturated rings. The van der Waals surface area contributed by atoms with Gasteiger partial charge in [0.15, 0.2) is 0 Å². The SMILES string of the molecule is CC(C1CC1)n1nc2c(c1Cl)CCCC2. The lowest BCUT2D eigenvalue weighted by molar-refractivity contribution is 0.437. The van der Waals surface area contributed by atoms with E-state index in [1.165, 1.54) is 36.9 Å². The van der Waals surface area contributed by atoms with E-state index < -0.39 is 0 Å². The first kappa shape index (κ1) is 9.71. The van der Waals surface area contributed by atoms with Crippen LogP contribution in [0.15, 0.2) is 0 Å². The first-order chi connectivity index (χ1) is 7.27. The van der Waals surface area contributed by atoms with Crippen LogP contribution in [-0.4, -0.2) is 9.78 Å². The van der Waals surface area contributed by atoms with Gasteiger partial charge >= 0.3 is 0 Å². The number of rotatable bonds is 2. The van der Waals surface area contributed by atoms with Crippen molar-refractivity contribution in [3.63, 3.8) is 0 Å². The van der Waals surface area contributed by atoms with Gasteiger partial charge in [-0.3, -0.25) is 4.68 Å². The van der Waals surface area contributed by atoms with Crippen LogP contribution < -0.4 is 0 Å². The molecule has 0 radical (unpaired) electrons. The van der Waals surface area contributed by atoms with E-state index in [-0.39, 0.29) is 0 Å². The molecule has 2 nitrogen and oxygen atoms in total. The predicted molar refractivity (Wildman–Crippen MR) is 61.3 cm³/mol. The lowest BCUT2D eigenvalue weighted by Crippen LogP contribution is -2.09. The molecule has 1 aromatic heterocycles. The summed E-state index contributed by atoms with van der Waals surface area (Å²) in [7, 11) is 0. The van der Waals surface area contributed by atoms with Crippen LogP contribution in [0.4, 0.5) is 0 Å². The zero-order valence-electron chi connectivity index (χ0n) is 9.17. The minimum absolute atomic E-state index is 0.503. The summed E-state index contributed by atoms with van der Waals surface area (Å²) in [6.07, 6.45) is 7.50. The highest BCUT2D eigenvalue weighted by Crippen LogP contribution is 2.41. The molecule has 15 heavy (non-hydrogen) atoms. The minimum atomic E-state index is 0.503. The molecule has 0 N–H and O–H groups in total. The van der Waals surface area contributed by atoms with Gasteiger partial charge < -0.3 is 0 Å². The van der Waals surface area contributed by atoms with Crippen molar-refractivity contribution in [2.24, 2.45) is 5.92 Å². The highest BCUT2D eigenvalue weighted by Gasteiger charge is 2.32. The molecule has 82 valence electrons. The maximum absolute atomic E-state index is 6.41. The molecule has 1 saturated carbocycles. The van der Waals surface area contributed by atoms with Crippen LogP contribution in [0.5, 0.6) is 0 Å². The highest BCUT2D eigenvalue weighted by atomic mass is 35.5. The van der Waals surface area contributed by atoms with Crippen molar-refractivity contribution in [2.75, 3.05) is 0 Å². The molecule has 0 spiro atoms. The molecule has 2 aliphatic carbocycles. The fraction of sp³-hybridized carbons (Fsp3) is 0.750. The Bertz CT molecular complexity index is 379. The summed E-state index contributed by atoms with van der Waals surface area (Å²) in [6, 6.07) is 0.503. The second kappa shape index (κ2) is 3.51. The van der Waals surface area contributed by atoms with Gasteiger partial charge in [-0.2, -0.15) is 5.10 Å². The van der Waals surface area contributed by atoms with Crippen molar-refractivity contribution in [2.45, 2.75) is 51.5 Å². The molecule has 1 heterocycles. The van der Waals surface area contributed by atoms with E-state index >= 15 is 0 Å². The first-order valence-corrected chi connectivity index (χ1v) is 6.41. The second-order valence-corrected chi connectivity index (χ2v) is 5.30. The third-order valence-electron chi connectivity index (χ3n) is 3.81. The van der Waals surface area contributed by atoms with Gasteiger partial charge in [0.25, 0.3) is 0 Å². The molecule has 2 aliphatic rings. The molecule has 3 rings (SSSR count). The van der Waals surface area contributed by atoms with Gasteiger partial charge in [0.1, 0.15) is 5.15 Å². The van der Waals surface area contributed by atoms with Crippen LogP contribution in [-0.2, 0) is 12.8 Å². The van der Waals surface area contributed by atoms with Crippen LogP contribution in [0.2, 0.25) is 5.15 Å². The Kier molecular flexibility index (Phi) is 2.27. The van der Waals surface area contributed by atoms with Gasteiger partial charge in [-0.25, -0.2) is 0 Å². The summed E-state index contributed by atoms with van der Waals surface area (Å²) < 4.78 is 2.08. The fourth-order valence-electron chi connectivity index (χ4n) is 2.58. The summed E-state index contributed by atoms with van der Waals surface area (Å²) >= 11 is 6.41. The molecule has 0 aromatic carbocycles. The van der Waals surface area contributed by atoms with Crippen molar-refractivity contribution >= 4 is 11.6 Å². The Morgan fingerprint density at radius 1 is 1.33 bits per heavy atom. The van der Waals surface area contributed by atoms with Gasteiger partial charge in [0.2, 0.25) is 0 Å². The number of aromatic nitrogens is 2. The molecular formula is C12H17ClN2. The number of fused-ring (bicyclic) bond motifs is 1. The zero-order chi connectivity index (χ0) is 10.4. The standard InChI is InChI=1S/C12H17ClN2/c1-8(9-6-7-9)15-12(13)10-4-2-3-5-11(10)14-15/h8-9H,2-7H2,1H3. The third kappa shape index (κ3) is 1.59. The Labute approximate surface area is 95.6 Å². The molecule has 1 aromatic rings. The first-order valence-electron chi connectivity index (χ1n) is 6.03.